The largest absolute Gasteiger partial charge is 0.313 e. The van der Waals surface area contributed by atoms with Gasteiger partial charge in [0, 0.05) is 19.1 Å². The number of rotatable bonds is 6. The van der Waals surface area contributed by atoms with Crippen molar-refractivity contribution < 1.29 is 0 Å². The molecule has 0 aliphatic carbocycles. The molecule has 0 amide bonds. The quantitative estimate of drug-likeness (QED) is 0.851. The Balaban J connectivity index is 1.94. The molecule has 1 N–H and O–H groups in total. The maximum Gasteiger partial charge on any atom is 0.0355 e. The smallest absolute Gasteiger partial charge is 0.0355 e. The van der Waals surface area contributed by atoms with Crippen LogP contribution in [0.25, 0.3) is 0 Å². The maximum atomic E-state index is 3.51. The molecule has 0 radical (unpaired) electrons. The summed E-state index contributed by atoms with van der Waals surface area (Å²) in [5.41, 5.74) is 1.41. The highest BCUT2D eigenvalue weighted by atomic mass is 15.1. The van der Waals surface area contributed by atoms with Crippen molar-refractivity contribution in [3.05, 3.63) is 35.9 Å². The van der Waals surface area contributed by atoms with Crippen molar-refractivity contribution in [1.29, 1.82) is 0 Å². The second-order valence-electron chi connectivity index (χ2n) is 6.33. The van der Waals surface area contributed by atoms with E-state index in [4.69, 9.17) is 0 Å². The molecule has 1 aliphatic heterocycles. The molecule has 20 heavy (non-hydrogen) atoms. The van der Waals surface area contributed by atoms with Crippen molar-refractivity contribution in [2.24, 2.45) is 11.8 Å². The summed E-state index contributed by atoms with van der Waals surface area (Å²) in [4.78, 5) is 2.68. The van der Waals surface area contributed by atoms with Gasteiger partial charge in [0.15, 0.2) is 0 Å². The summed E-state index contributed by atoms with van der Waals surface area (Å²) in [5.74, 6) is 1.55. The summed E-state index contributed by atoms with van der Waals surface area (Å²) >= 11 is 0. The van der Waals surface area contributed by atoms with E-state index in [-0.39, 0.29) is 0 Å². The molecule has 0 spiro atoms. The summed E-state index contributed by atoms with van der Waals surface area (Å²) in [7, 11) is 2.08. The lowest BCUT2D eigenvalue weighted by atomic mass is 9.91. The number of piperidine rings is 1. The third kappa shape index (κ3) is 4.07. The monoisotopic (exact) mass is 274 g/mol. The van der Waals surface area contributed by atoms with Gasteiger partial charge in [-0.1, -0.05) is 50.6 Å². The molecule has 0 bridgehead atoms. The van der Waals surface area contributed by atoms with Gasteiger partial charge in [0.1, 0.15) is 0 Å². The Bertz CT molecular complexity index is 376. The van der Waals surface area contributed by atoms with Crippen molar-refractivity contribution in [1.82, 2.24) is 10.2 Å². The minimum atomic E-state index is 0.457. The number of nitrogens with zero attached hydrogens (tertiary/aromatic N) is 1. The molecule has 1 saturated heterocycles. The Labute approximate surface area is 124 Å². The lowest BCUT2D eigenvalue weighted by Gasteiger charge is -2.36. The Hall–Kier alpha value is -0.860. The van der Waals surface area contributed by atoms with Gasteiger partial charge in [-0.25, -0.2) is 0 Å². The van der Waals surface area contributed by atoms with Gasteiger partial charge < -0.3 is 10.2 Å². The van der Waals surface area contributed by atoms with Gasteiger partial charge in [-0.15, -0.1) is 0 Å². The average Bonchev–Trinajstić information content (AvgIpc) is 2.49. The molecule has 3 atom stereocenters. The zero-order chi connectivity index (χ0) is 14.4. The standard InChI is InChI=1S/C18H30N2/c1-4-16-9-8-12-20(14-16)13-15(2)18(19-3)17-10-6-5-7-11-17/h5-7,10-11,15-16,18-19H,4,8-9,12-14H2,1-3H3. The van der Waals surface area contributed by atoms with Gasteiger partial charge in [0.05, 0.1) is 0 Å². The molecule has 1 aromatic rings. The summed E-state index contributed by atoms with van der Waals surface area (Å²) in [6.07, 6.45) is 4.13. The normalized spacial score (nSPS) is 23.4. The van der Waals surface area contributed by atoms with Crippen LogP contribution >= 0.6 is 0 Å². The first-order valence-electron chi connectivity index (χ1n) is 8.19. The first-order chi connectivity index (χ1) is 9.74. The second kappa shape index (κ2) is 7.80. The summed E-state index contributed by atoms with van der Waals surface area (Å²) in [6, 6.07) is 11.3. The van der Waals surface area contributed by atoms with Gasteiger partial charge in [0.2, 0.25) is 0 Å². The SMILES string of the molecule is CCC1CCCN(CC(C)C(NC)c2ccccc2)C1. The third-order valence-corrected chi connectivity index (χ3v) is 4.77. The van der Waals surface area contributed by atoms with Crippen LogP contribution in [-0.4, -0.2) is 31.6 Å². The molecule has 1 fully saturated rings. The molecule has 1 aromatic carbocycles. The predicted molar refractivity (Wildman–Crippen MR) is 86.9 cm³/mol. The minimum Gasteiger partial charge on any atom is -0.313 e. The Morgan fingerprint density at radius 1 is 1.30 bits per heavy atom. The predicted octanol–water partition coefficient (Wildman–Crippen LogP) is 3.71. The highest BCUT2D eigenvalue weighted by Gasteiger charge is 2.23. The summed E-state index contributed by atoms with van der Waals surface area (Å²) < 4.78 is 0. The van der Waals surface area contributed by atoms with Crippen molar-refractivity contribution >= 4 is 0 Å². The van der Waals surface area contributed by atoms with Crippen molar-refractivity contribution in [2.45, 2.75) is 39.2 Å². The van der Waals surface area contributed by atoms with Crippen LogP contribution in [0, 0.1) is 11.8 Å². The first kappa shape index (κ1) is 15.5. The fourth-order valence-electron chi connectivity index (χ4n) is 3.60. The molecule has 3 unspecified atom stereocenters. The fourth-order valence-corrected chi connectivity index (χ4v) is 3.60. The van der Waals surface area contributed by atoms with E-state index in [1.807, 2.05) is 0 Å². The zero-order valence-corrected chi connectivity index (χ0v) is 13.3. The highest BCUT2D eigenvalue weighted by Crippen LogP contribution is 2.25. The molecule has 0 saturated carbocycles. The third-order valence-electron chi connectivity index (χ3n) is 4.77. The van der Waals surface area contributed by atoms with E-state index in [9.17, 15) is 0 Å². The van der Waals surface area contributed by atoms with E-state index >= 15 is 0 Å². The number of benzene rings is 1. The van der Waals surface area contributed by atoms with Crippen LogP contribution in [-0.2, 0) is 0 Å². The number of hydrogen-bond acceptors (Lipinski definition) is 2. The molecule has 2 rings (SSSR count). The molecule has 1 heterocycles. The van der Waals surface area contributed by atoms with Gasteiger partial charge in [0.25, 0.3) is 0 Å². The number of hydrogen-bond donors (Lipinski definition) is 1. The van der Waals surface area contributed by atoms with Crippen LogP contribution in [0.15, 0.2) is 30.3 Å². The molecular weight excluding hydrogens is 244 g/mol. The molecule has 2 nitrogen and oxygen atoms in total. The zero-order valence-electron chi connectivity index (χ0n) is 13.3. The van der Waals surface area contributed by atoms with Crippen LogP contribution in [0.5, 0.6) is 0 Å². The first-order valence-corrected chi connectivity index (χ1v) is 8.19. The molecule has 0 aromatic heterocycles. The molecule has 112 valence electrons. The molecule has 1 aliphatic rings. The van der Waals surface area contributed by atoms with Crippen LogP contribution in [0.1, 0.15) is 44.7 Å². The van der Waals surface area contributed by atoms with E-state index in [0.717, 1.165) is 5.92 Å². The Morgan fingerprint density at radius 3 is 2.70 bits per heavy atom. The van der Waals surface area contributed by atoms with E-state index < -0.39 is 0 Å². The van der Waals surface area contributed by atoms with Gasteiger partial charge in [-0.05, 0) is 43.8 Å². The van der Waals surface area contributed by atoms with Gasteiger partial charge in [-0.3, -0.25) is 0 Å². The second-order valence-corrected chi connectivity index (χ2v) is 6.33. The van der Waals surface area contributed by atoms with Crippen molar-refractivity contribution in [3.63, 3.8) is 0 Å². The van der Waals surface area contributed by atoms with Crippen molar-refractivity contribution in [2.75, 3.05) is 26.7 Å². The summed E-state index contributed by atoms with van der Waals surface area (Å²) in [5, 5.41) is 3.51. The number of likely N-dealkylation sites (tertiary alicyclic amines) is 1. The number of nitrogens with one attached hydrogen (secondary N) is 1. The van der Waals surface area contributed by atoms with E-state index in [2.05, 4.69) is 61.4 Å². The lowest BCUT2D eigenvalue weighted by Crippen LogP contribution is -2.40. The van der Waals surface area contributed by atoms with E-state index in [1.165, 1.54) is 44.5 Å². The van der Waals surface area contributed by atoms with Gasteiger partial charge in [-0.2, -0.15) is 0 Å². The Morgan fingerprint density at radius 2 is 2.05 bits per heavy atom. The van der Waals surface area contributed by atoms with Crippen LogP contribution in [0.2, 0.25) is 0 Å². The fraction of sp³-hybridized carbons (Fsp3) is 0.667. The maximum absolute atomic E-state index is 3.51. The van der Waals surface area contributed by atoms with Crippen molar-refractivity contribution in [3.8, 4) is 0 Å². The average molecular weight is 274 g/mol. The Kier molecular flexibility index (Phi) is 6.06. The lowest BCUT2D eigenvalue weighted by molar-refractivity contribution is 0.142. The summed E-state index contributed by atoms with van der Waals surface area (Å²) in [6.45, 7) is 8.50. The van der Waals surface area contributed by atoms with E-state index in [0.29, 0.717) is 12.0 Å². The van der Waals surface area contributed by atoms with Crippen LogP contribution in [0.3, 0.4) is 0 Å². The van der Waals surface area contributed by atoms with E-state index in [1.54, 1.807) is 0 Å². The van der Waals surface area contributed by atoms with Gasteiger partial charge >= 0.3 is 0 Å². The molecular formula is C18H30N2. The molecule has 2 heteroatoms. The highest BCUT2D eigenvalue weighted by molar-refractivity contribution is 5.19. The van der Waals surface area contributed by atoms with Crippen LogP contribution < -0.4 is 5.32 Å². The van der Waals surface area contributed by atoms with Crippen LogP contribution in [0.4, 0.5) is 0 Å². The minimum absolute atomic E-state index is 0.457. The topological polar surface area (TPSA) is 15.3 Å².